The van der Waals surface area contributed by atoms with E-state index in [0.29, 0.717) is 33.5 Å². The van der Waals surface area contributed by atoms with Gasteiger partial charge in [-0.2, -0.15) is 10.4 Å². The smallest absolute Gasteiger partial charge is 0.140 e. The lowest BCUT2D eigenvalue weighted by molar-refractivity contribution is 0.359. The minimum Gasteiger partial charge on any atom is -0.383 e. The van der Waals surface area contributed by atoms with Crippen LogP contribution in [0.3, 0.4) is 0 Å². The van der Waals surface area contributed by atoms with Crippen molar-refractivity contribution in [2.45, 2.75) is 32.7 Å². The van der Waals surface area contributed by atoms with Crippen molar-refractivity contribution in [2.24, 2.45) is 0 Å². The highest BCUT2D eigenvalue weighted by Gasteiger charge is 2.23. The maximum absolute atomic E-state index is 9.34. The molecule has 2 N–H and O–H groups in total. The Labute approximate surface area is 134 Å². The van der Waals surface area contributed by atoms with Gasteiger partial charge in [-0.15, -0.1) is 0 Å². The highest BCUT2D eigenvalue weighted by molar-refractivity contribution is 6.42. The molecule has 2 aromatic rings. The van der Waals surface area contributed by atoms with Gasteiger partial charge in [0.2, 0.25) is 0 Å². The number of hydrogen-bond donors (Lipinski definition) is 1. The summed E-state index contributed by atoms with van der Waals surface area (Å²) in [6.45, 7) is 5.94. The minimum atomic E-state index is -0.300. The Balaban J connectivity index is 2.51. The molecule has 6 heteroatoms. The van der Waals surface area contributed by atoms with E-state index in [1.165, 1.54) is 0 Å². The first-order chi connectivity index (χ1) is 9.75. The number of hydrogen-bond acceptors (Lipinski definition) is 3. The topological polar surface area (TPSA) is 67.6 Å². The number of nitrogens with zero attached hydrogens (tertiary/aromatic N) is 3. The molecule has 0 bridgehead atoms. The Bertz CT molecular complexity index is 720. The summed E-state index contributed by atoms with van der Waals surface area (Å²) in [5, 5.41) is 14.8. The molecule has 1 aromatic carbocycles. The summed E-state index contributed by atoms with van der Waals surface area (Å²) in [4.78, 5) is 0. The van der Waals surface area contributed by atoms with Crippen LogP contribution in [0.15, 0.2) is 18.2 Å². The van der Waals surface area contributed by atoms with Gasteiger partial charge in [-0.3, -0.25) is 0 Å². The maximum Gasteiger partial charge on any atom is 0.140 e. The van der Waals surface area contributed by atoms with Gasteiger partial charge in [-0.1, -0.05) is 35.3 Å². The minimum absolute atomic E-state index is 0.300. The molecule has 0 saturated carbocycles. The average Bonchev–Trinajstić information content (AvgIpc) is 2.71. The number of anilines is 1. The van der Waals surface area contributed by atoms with Crippen LogP contribution in [0.25, 0.3) is 0 Å². The van der Waals surface area contributed by atoms with Crippen LogP contribution < -0.4 is 5.73 Å². The summed E-state index contributed by atoms with van der Waals surface area (Å²) < 4.78 is 1.67. The summed E-state index contributed by atoms with van der Waals surface area (Å²) in [6.07, 6.45) is 0.412. The highest BCUT2D eigenvalue weighted by Crippen LogP contribution is 2.30. The molecule has 0 aliphatic heterocycles. The Morgan fingerprint density at radius 1 is 1.33 bits per heavy atom. The molecule has 2 rings (SSSR count). The number of rotatable bonds is 2. The van der Waals surface area contributed by atoms with Crippen LogP contribution in [-0.2, 0) is 12.0 Å². The van der Waals surface area contributed by atoms with Crippen molar-refractivity contribution in [2.75, 3.05) is 5.73 Å². The molecule has 0 radical (unpaired) electrons. The fourth-order valence-corrected chi connectivity index (χ4v) is 2.49. The van der Waals surface area contributed by atoms with Crippen molar-refractivity contribution in [3.8, 4) is 6.07 Å². The van der Waals surface area contributed by atoms with Gasteiger partial charge in [-0.25, -0.2) is 4.68 Å². The Hall–Kier alpha value is -1.70. The van der Waals surface area contributed by atoms with Crippen LogP contribution in [0.1, 0.15) is 37.6 Å². The van der Waals surface area contributed by atoms with E-state index >= 15 is 0 Å². The second-order valence-corrected chi connectivity index (χ2v) is 6.58. The number of nitriles is 1. The Morgan fingerprint density at radius 3 is 2.57 bits per heavy atom. The third kappa shape index (κ3) is 2.99. The molecule has 4 nitrogen and oxygen atoms in total. The van der Waals surface area contributed by atoms with E-state index in [-0.39, 0.29) is 5.54 Å². The molecule has 0 aliphatic rings. The molecule has 110 valence electrons. The van der Waals surface area contributed by atoms with Gasteiger partial charge in [0.05, 0.1) is 21.3 Å². The van der Waals surface area contributed by atoms with E-state index in [0.717, 1.165) is 5.56 Å². The summed E-state index contributed by atoms with van der Waals surface area (Å²) >= 11 is 12.2. The largest absolute Gasteiger partial charge is 0.383 e. The van der Waals surface area contributed by atoms with E-state index in [9.17, 15) is 5.26 Å². The van der Waals surface area contributed by atoms with Gasteiger partial charge in [0.25, 0.3) is 0 Å². The van der Waals surface area contributed by atoms with E-state index in [1.807, 2.05) is 32.9 Å². The van der Waals surface area contributed by atoms with Crippen LogP contribution in [-0.4, -0.2) is 9.78 Å². The van der Waals surface area contributed by atoms with Gasteiger partial charge in [0.15, 0.2) is 0 Å². The summed E-state index contributed by atoms with van der Waals surface area (Å²) in [5.41, 5.74) is 7.56. The summed E-state index contributed by atoms with van der Waals surface area (Å²) in [7, 11) is 0. The van der Waals surface area contributed by atoms with Gasteiger partial charge in [0, 0.05) is 6.42 Å². The van der Waals surface area contributed by atoms with Crippen molar-refractivity contribution in [1.82, 2.24) is 9.78 Å². The SMILES string of the molecule is CC(C)(C)n1nc(Cc2cccc(Cl)c2Cl)c(C#N)c1N. The lowest BCUT2D eigenvalue weighted by Gasteiger charge is -2.20. The second kappa shape index (κ2) is 5.59. The summed E-state index contributed by atoms with van der Waals surface area (Å²) in [6, 6.07) is 7.53. The van der Waals surface area contributed by atoms with Crippen molar-refractivity contribution < 1.29 is 0 Å². The van der Waals surface area contributed by atoms with Gasteiger partial charge >= 0.3 is 0 Å². The lowest BCUT2D eigenvalue weighted by atomic mass is 10.1. The predicted molar refractivity (Wildman–Crippen MR) is 85.6 cm³/mol. The average molecular weight is 323 g/mol. The van der Waals surface area contributed by atoms with Crippen molar-refractivity contribution in [3.63, 3.8) is 0 Å². The van der Waals surface area contributed by atoms with E-state index in [2.05, 4.69) is 11.2 Å². The molecular formula is C15H16Cl2N4. The van der Waals surface area contributed by atoms with Crippen molar-refractivity contribution in [3.05, 3.63) is 45.1 Å². The molecule has 1 aromatic heterocycles. The zero-order valence-electron chi connectivity index (χ0n) is 12.1. The Morgan fingerprint density at radius 2 is 2.00 bits per heavy atom. The molecule has 21 heavy (non-hydrogen) atoms. The van der Waals surface area contributed by atoms with E-state index in [1.54, 1.807) is 10.7 Å². The molecule has 0 atom stereocenters. The zero-order chi connectivity index (χ0) is 15.8. The van der Waals surface area contributed by atoms with E-state index in [4.69, 9.17) is 28.9 Å². The monoisotopic (exact) mass is 322 g/mol. The van der Waals surface area contributed by atoms with Crippen LogP contribution >= 0.6 is 23.2 Å². The number of aromatic nitrogens is 2. The van der Waals surface area contributed by atoms with Crippen molar-refractivity contribution >= 4 is 29.0 Å². The zero-order valence-corrected chi connectivity index (χ0v) is 13.6. The number of benzene rings is 1. The van der Waals surface area contributed by atoms with Gasteiger partial charge < -0.3 is 5.73 Å². The standard InChI is InChI=1S/C15H16Cl2N4/c1-15(2,3)21-14(19)10(8-18)12(20-21)7-9-5-4-6-11(16)13(9)17/h4-6H,7,19H2,1-3H3. The predicted octanol–water partition coefficient (Wildman–Crippen LogP) is 3.99. The first-order valence-corrected chi connectivity index (χ1v) is 7.22. The maximum atomic E-state index is 9.34. The first kappa shape index (κ1) is 15.7. The van der Waals surface area contributed by atoms with Crippen LogP contribution in [0.2, 0.25) is 10.0 Å². The van der Waals surface area contributed by atoms with Crippen LogP contribution in [0, 0.1) is 11.3 Å². The summed E-state index contributed by atoms with van der Waals surface area (Å²) in [5.74, 6) is 0.373. The van der Waals surface area contributed by atoms with Crippen LogP contribution in [0.4, 0.5) is 5.82 Å². The fourth-order valence-electron chi connectivity index (χ4n) is 2.10. The molecule has 1 heterocycles. The number of nitrogen functional groups attached to an aromatic ring is 1. The molecular weight excluding hydrogens is 307 g/mol. The molecule has 0 amide bonds. The second-order valence-electron chi connectivity index (χ2n) is 5.79. The van der Waals surface area contributed by atoms with Crippen molar-refractivity contribution in [1.29, 1.82) is 5.26 Å². The molecule has 0 aliphatic carbocycles. The fraction of sp³-hybridized carbons (Fsp3) is 0.333. The third-order valence-corrected chi connectivity index (χ3v) is 3.99. The Kier molecular flexibility index (Phi) is 4.18. The molecule has 0 fully saturated rings. The molecule has 0 spiro atoms. The number of halogens is 2. The van der Waals surface area contributed by atoms with Gasteiger partial charge in [-0.05, 0) is 32.4 Å². The normalized spacial score (nSPS) is 11.4. The molecule has 0 unspecified atom stereocenters. The quantitative estimate of drug-likeness (QED) is 0.908. The van der Waals surface area contributed by atoms with E-state index < -0.39 is 0 Å². The lowest BCUT2D eigenvalue weighted by Crippen LogP contribution is -2.25. The molecule has 0 saturated heterocycles. The number of nitrogens with two attached hydrogens (primary N) is 1. The van der Waals surface area contributed by atoms with Crippen LogP contribution in [0.5, 0.6) is 0 Å². The third-order valence-electron chi connectivity index (χ3n) is 3.13. The highest BCUT2D eigenvalue weighted by atomic mass is 35.5. The first-order valence-electron chi connectivity index (χ1n) is 6.46. The van der Waals surface area contributed by atoms with Gasteiger partial charge in [0.1, 0.15) is 17.5 Å².